The van der Waals surface area contributed by atoms with Gasteiger partial charge in [-0.3, -0.25) is 4.79 Å². The molecule has 4 heteroatoms. The number of aliphatic hydroxyl groups excluding tert-OH is 1. The van der Waals surface area contributed by atoms with Crippen molar-refractivity contribution in [2.24, 2.45) is 0 Å². The van der Waals surface area contributed by atoms with Gasteiger partial charge in [0, 0.05) is 6.04 Å². The second-order valence-corrected chi connectivity index (χ2v) is 4.26. The number of amides is 1. The van der Waals surface area contributed by atoms with Gasteiger partial charge in [0.05, 0.1) is 7.11 Å². The number of carbonyl (C=O) groups excluding carboxylic acids is 1. The molecular weight excluding hydrogens is 218 g/mol. The second kappa shape index (κ2) is 5.19. The number of methoxy groups -OCH3 is 1. The number of hydrogen-bond acceptors (Lipinski definition) is 3. The van der Waals surface area contributed by atoms with Crippen molar-refractivity contribution in [2.45, 2.75) is 25.3 Å². The van der Waals surface area contributed by atoms with Gasteiger partial charge in [-0.05, 0) is 36.5 Å². The van der Waals surface area contributed by atoms with Gasteiger partial charge in [-0.2, -0.15) is 0 Å². The number of nitrogens with one attached hydrogen (secondary N) is 1. The molecule has 1 atom stereocenters. The first-order valence-corrected chi connectivity index (χ1v) is 5.79. The highest BCUT2D eigenvalue weighted by atomic mass is 16.5. The molecule has 2 N–H and O–H groups in total. The lowest BCUT2D eigenvalue weighted by Gasteiger charge is -2.26. The number of aliphatic hydroxyl groups is 1. The first-order chi connectivity index (χ1) is 8.24. The van der Waals surface area contributed by atoms with Crippen LogP contribution in [-0.4, -0.2) is 30.8 Å². The fourth-order valence-corrected chi connectivity index (χ4v) is 2.36. The van der Waals surface area contributed by atoms with Crippen LogP contribution in [0.2, 0.25) is 0 Å². The van der Waals surface area contributed by atoms with Gasteiger partial charge < -0.3 is 15.2 Å². The molecule has 2 rings (SSSR count). The fraction of sp³-hybridized carbons (Fsp3) is 0.462. The van der Waals surface area contributed by atoms with E-state index in [1.807, 2.05) is 12.1 Å². The third-order valence-electron chi connectivity index (χ3n) is 3.17. The van der Waals surface area contributed by atoms with Crippen LogP contribution in [0, 0.1) is 0 Å². The minimum Gasteiger partial charge on any atom is -0.496 e. The molecule has 0 aliphatic heterocycles. The van der Waals surface area contributed by atoms with E-state index in [4.69, 9.17) is 9.84 Å². The van der Waals surface area contributed by atoms with E-state index in [0.717, 1.165) is 25.0 Å². The van der Waals surface area contributed by atoms with E-state index in [9.17, 15) is 4.79 Å². The van der Waals surface area contributed by atoms with Crippen LogP contribution < -0.4 is 10.1 Å². The van der Waals surface area contributed by atoms with E-state index in [1.54, 1.807) is 7.11 Å². The zero-order chi connectivity index (χ0) is 12.3. The summed E-state index contributed by atoms with van der Waals surface area (Å²) in [5.41, 5.74) is 2.46. The second-order valence-electron chi connectivity index (χ2n) is 4.26. The molecule has 1 aromatic rings. The molecule has 0 spiro atoms. The Labute approximate surface area is 101 Å². The molecule has 1 aliphatic carbocycles. The fourth-order valence-electron chi connectivity index (χ4n) is 2.36. The first-order valence-electron chi connectivity index (χ1n) is 5.79. The first kappa shape index (κ1) is 11.9. The maximum atomic E-state index is 11.1. The molecule has 1 aliphatic rings. The van der Waals surface area contributed by atoms with Crippen molar-refractivity contribution >= 4 is 5.91 Å². The molecule has 1 aromatic carbocycles. The van der Waals surface area contributed by atoms with Crippen LogP contribution in [0.5, 0.6) is 5.75 Å². The van der Waals surface area contributed by atoms with E-state index in [0.29, 0.717) is 0 Å². The summed E-state index contributed by atoms with van der Waals surface area (Å²) < 4.78 is 5.32. The van der Waals surface area contributed by atoms with Crippen LogP contribution >= 0.6 is 0 Å². The highest BCUT2D eigenvalue weighted by molar-refractivity contribution is 5.77. The predicted molar refractivity (Wildman–Crippen MR) is 64.0 cm³/mol. The molecule has 0 aromatic heterocycles. The average Bonchev–Trinajstić information content (AvgIpc) is 2.37. The topological polar surface area (TPSA) is 58.6 Å². The Hall–Kier alpha value is -1.55. The molecule has 0 saturated carbocycles. The predicted octanol–water partition coefficient (Wildman–Crippen LogP) is 0.661. The van der Waals surface area contributed by atoms with Gasteiger partial charge in [0.15, 0.2) is 0 Å². The Morgan fingerprint density at radius 3 is 3.12 bits per heavy atom. The van der Waals surface area contributed by atoms with E-state index in [-0.39, 0.29) is 11.9 Å². The molecule has 0 radical (unpaired) electrons. The highest BCUT2D eigenvalue weighted by Gasteiger charge is 2.21. The Bertz CT molecular complexity index is 417. The summed E-state index contributed by atoms with van der Waals surface area (Å²) in [4.78, 5) is 11.1. The van der Waals surface area contributed by atoms with Gasteiger partial charge in [0.2, 0.25) is 5.91 Å². The Morgan fingerprint density at radius 1 is 1.59 bits per heavy atom. The van der Waals surface area contributed by atoms with Crippen LogP contribution in [-0.2, 0) is 17.6 Å². The summed E-state index contributed by atoms with van der Waals surface area (Å²) in [6.45, 7) is -0.443. The normalized spacial score (nSPS) is 18.4. The third-order valence-corrected chi connectivity index (χ3v) is 3.17. The summed E-state index contributed by atoms with van der Waals surface area (Å²) in [5.74, 6) is 0.621. The van der Waals surface area contributed by atoms with Gasteiger partial charge in [-0.15, -0.1) is 0 Å². The van der Waals surface area contributed by atoms with Crippen molar-refractivity contribution in [3.63, 3.8) is 0 Å². The van der Waals surface area contributed by atoms with Crippen molar-refractivity contribution < 1.29 is 14.6 Å². The molecule has 92 valence electrons. The van der Waals surface area contributed by atoms with Crippen molar-refractivity contribution in [3.8, 4) is 5.75 Å². The van der Waals surface area contributed by atoms with Crippen LogP contribution in [0.4, 0.5) is 0 Å². The maximum absolute atomic E-state index is 11.1. The molecule has 0 fully saturated rings. The highest BCUT2D eigenvalue weighted by Crippen LogP contribution is 2.29. The number of ether oxygens (including phenoxy) is 1. The van der Waals surface area contributed by atoms with E-state index >= 15 is 0 Å². The van der Waals surface area contributed by atoms with Crippen molar-refractivity contribution in [2.75, 3.05) is 13.7 Å². The van der Waals surface area contributed by atoms with Crippen molar-refractivity contribution in [1.82, 2.24) is 5.32 Å². The van der Waals surface area contributed by atoms with Gasteiger partial charge in [-0.1, -0.05) is 12.1 Å². The number of fused-ring (bicyclic) bond motifs is 1. The molecule has 0 bridgehead atoms. The molecular formula is C13H17NO3. The summed E-state index contributed by atoms with van der Waals surface area (Å²) in [7, 11) is 1.68. The van der Waals surface area contributed by atoms with E-state index in [2.05, 4.69) is 11.4 Å². The quantitative estimate of drug-likeness (QED) is 0.809. The number of carbonyl (C=O) groups is 1. The lowest BCUT2D eigenvalue weighted by Crippen LogP contribution is -2.40. The Morgan fingerprint density at radius 2 is 2.41 bits per heavy atom. The summed E-state index contributed by atoms with van der Waals surface area (Å²) in [6, 6.07) is 6.11. The Balaban J connectivity index is 2.11. The lowest BCUT2D eigenvalue weighted by atomic mass is 9.87. The average molecular weight is 235 g/mol. The summed E-state index contributed by atoms with van der Waals surface area (Å²) in [6.07, 6.45) is 2.59. The zero-order valence-corrected chi connectivity index (χ0v) is 9.90. The van der Waals surface area contributed by atoms with E-state index < -0.39 is 6.61 Å². The third kappa shape index (κ3) is 2.58. The zero-order valence-electron chi connectivity index (χ0n) is 9.90. The van der Waals surface area contributed by atoms with Crippen molar-refractivity contribution in [1.29, 1.82) is 0 Å². The van der Waals surface area contributed by atoms with Gasteiger partial charge in [0.1, 0.15) is 12.4 Å². The molecule has 0 heterocycles. The minimum atomic E-state index is -0.443. The van der Waals surface area contributed by atoms with Crippen LogP contribution in [0.1, 0.15) is 17.5 Å². The monoisotopic (exact) mass is 235 g/mol. The maximum Gasteiger partial charge on any atom is 0.245 e. The SMILES string of the molecule is COc1cccc2c1CC[C@H](NC(=O)CO)C2. The summed E-state index contributed by atoms with van der Waals surface area (Å²) in [5, 5.41) is 11.5. The summed E-state index contributed by atoms with van der Waals surface area (Å²) >= 11 is 0. The molecule has 17 heavy (non-hydrogen) atoms. The van der Waals surface area contributed by atoms with E-state index in [1.165, 1.54) is 11.1 Å². The van der Waals surface area contributed by atoms with Crippen LogP contribution in [0.3, 0.4) is 0 Å². The molecule has 0 saturated heterocycles. The standard InChI is InChI=1S/C13H17NO3/c1-17-12-4-2-3-9-7-10(5-6-11(9)12)14-13(16)8-15/h2-4,10,15H,5-8H2,1H3,(H,14,16)/t10-/m0/s1. The van der Waals surface area contributed by atoms with Gasteiger partial charge >= 0.3 is 0 Å². The van der Waals surface area contributed by atoms with Gasteiger partial charge in [0.25, 0.3) is 0 Å². The van der Waals surface area contributed by atoms with Gasteiger partial charge in [-0.25, -0.2) is 0 Å². The largest absolute Gasteiger partial charge is 0.496 e. The number of benzene rings is 1. The molecule has 4 nitrogen and oxygen atoms in total. The smallest absolute Gasteiger partial charge is 0.245 e. The number of hydrogen-bond donors (Lipinski definition) is 2. The number of rotatable bonds is 3. The molecule has 1 amide bonds. The molecule has 0 unspecified atom stereocenters. The van der Waals surface area contributed by atoms with Crippen LogP contribution in [0.15, 0.2) is 18.2 Å². The lowest BCUT2D eigenvalue weighted by molar-refractivity contribution is -0.124. The Kier molecular flexibility index (Phi) is 3.64. The minimum absolute atomic E-state index is 0.120. The van der Waals surface area contributed by atoms with Crippen molar-refractivity contribution in [3.05, 3.63) is 29.3 Å². The van der Waals surface area contributed by atoms with Crippen LogP contribution in [0.25, 0.3) is 0 Å².